The van der Waals surface area contributed by atoms with Crippen LogP contribution in [0.25, 0.3) is 10.8 Å². The van der Waals surface area contributed by atoms with E-state index in [1.54, 1.807) is 37.8 Å². The number of rotatable bonds is 9. The van der Waals surface area contributed by atoms with Crippen LogP contribution in [0.15, 0.2) is 47.4 Å². The Kier molecular flexibility index (Phi) is 14.2. The average Bonchev–Trinajstić information content (AvgIpc) is 3.07. The molecule has 2 heterocycles. The minimum Gasteiger partial charge on any atom is -0.475 e. The smallest absolute Gasteiger partial charge is 0.475 e. The van der Waals surface area contributed by atoms with Crippen molar-refractivity contribution in [2.75, 3.05) is 32.7 Å². The molecule has 52 heavy (non-hydrogen) atoms. The Bertz CT molecular complexity index is 1720. The van der Waals surface area contributed by atoms with E-state index in [9.17, 15) is 36.0 Å². The van der Waals surface area contributed by atoms with Crippen LogP contribution < -0.4 is 21.1 Å². The van der Waals surface area contributed by atoms with Gasteiger partial charge in [0.05, 0.1) is 4.90 Å². The van der Waals surface area contributed by atoms with Crippen LogP contribution in [-0.4, -0.2) is 110 Å². The third-order valence-corrected chi connectivity index (χ3v) is 9.66. The lowest BCUT2D eigenvalue weighted by molar-refractivity contribution is -0.192. The number of alkyl halides is 3. The summed E-state index contributed by atoms with van der Waals surface area (Å²) in [5.41, 5.74) is 4.90. The fourth-order valence-corrected chi connectivity index (χ4v) is 6.73. The summed E-state index contributed by atoms with van der Waals surface area (Å²) in [6.07, 6.45) is -2.27. The summed E-state index contributed by atoms with van der Waals surface area (Å²) in [4.78, 5) is 52.1. The average molecular weight is 758 g/mol. The van der Waals surface area contributed by atoms with E-state index in [4.69, 9.17) is 25.8 Å². The number of carboxylic acids is 1. The van der Waals surface area contributed by atoms with Gasteiger partial charge >= 0.3 is 18.2 Å². The van der Waals surface area contributed by atoms with E-state index in [1.165, 1.54) is 11.0 Å². The third-order valence-electron chi connectivity index (χ3n) is 8.24. The van der Waals surface area contributed by atoms with E-state index in [0.717, 1.165) is 23.6 Å². The second kappa shape index (κ2) is 17.7. The number of carbonyl (C=O) groups is 4. The van der Waals surface area contributed by atoms with Crippen molar-refractivity contribution in [2.24, 2.45) is 11.7 Å². The molecule has 4 rings (SSSR count). The van der Waals surface area contributed by atoms with Crippen LogP contribution in [0.3, 0.4) is 0 Å². The lowest BCUT2D eigenvalue weighted by atomic mass is 9.98. The molecule has 2 aromatic carbocycles. The number of guanidine groups is 1. The van der Waals surface area contributed by atoms with Gasteiger partial charge in [-0.15, -0.1) is 0 Å². The number of carbonyl (C=O) groups excluding carboxylic acids is 3. The van der Waals surface area contributed by atoms with Crippen LogP contribution in [0.5, 0.6) is 0 Å². The minimum atomic E-state index is -5.08. The predicted octanol–water partition coefficient (Wildman–Crippen LogP) is 2.75. The Morgan fingerprint density at radius 1 is 1.02 bits per heavy atom. The van der Waals surface area contributed by atoms with E-state index >= 15 is 0 Å². The SMILES string of the molecule is CC(C)(C)OC(=O)N1CCCC[C@@H]1C(=O)N[C@@H](CNS(=O)(=O)c1ccc2ccccc2c1)C(=O)NCC1CCCN(C(=N)N)C1.O=C(O)C(F)(F)F. The Balaban J connectivity index is 0.000000944. The van der Waals surface area contributed by atoms with Gasteiger partial charge in [0, 0.05) is 32.7 Å². The number of carboxylic acid groups (broad SMARTS) is 1. The number of amides is 3. The summed E-state index contributed by atoms with van der Waals surface area (Å²) in [6, 6.07) is 9.98. The molecule has 19 heteroatoms. The fourth-order valence-electron chi connectivity index (χ4n) is 5.65. The van der Waals surface area contributed by atoms with E-state index in [1.807, 2.05) is 24.3 Å². The number of sulfonamides is 1. The molecule has 2 fully saturated rings. The zero-order valence-electron chi connectivity index (χ0n) is 29.2. The van der Waals surface area contributed by atoms with Crippen molar-refractivity contribution in [2.45, 2.75) is 81.6 Å². The number of hydrogen-bond donors (Lipinski definition) is 6. The molecule has 288 valence electrons. The quantitative estimate of drug-likeness (QED) is 0.162. The molecular formula is C33H46F3N7O8S. The molecule has 0 aliphatic carbocycles. The van der Waals surface area contributed by atoms with Crippen molar-refractivity contribution in [3.05, 3.63) is 42.5 Å². The van der Waals surface area contributed by atoms with E-state index in [0.29, 0.717) is 38.9 Å². The number of fused-ring (bicyclic) bond motifs is 1. The molecule has 2 aromatic rings. The maximum absolute atomic E-state index is 13.6. The zero-order chi connectivity index (χ0) is 38.9. The monoisotopic (exact) mass is 757 g/mol. The summed E-state index contributed by atoms with van der Waals surface area (Å²) in [7, 11) is -4.05. The van der Waals surface area contributed by atoms with Gasteiger partial charge in [-0.2, -0.15) is 13.2 Å². The van der Waals surface area contributed by atoms with E-state index in [-0.39, 0.29) is 23.3 Å². The fraction of sp³-hybridized carbons (Fsp3) is 0.545. The lowest BCUT2D eigenvalue weighted by Gasteiger charge is -2.36. The second-order valence-corrected chi connectivity index (χ2v) is 15.3. The molecule has 0 aromatic heterocycles. The number of piperidine rings is 2. The highest BCUT2D eigenvalue weighted by Gasteiger charge is 2.39. The van der Waals surface area contributed by atoms with Crippen LogP contribution in [0.4, 0.5) is 18.0 Å². The largest absolute Gasteiger partial charge is 0.490 e. The Labute approximate surface area is 300 Å². The molecule has 2 saturated heterocycles. The molecule has 2 aliphatic heterocycles. The lowest BCUT2D eigenvalue weighted by Crippen LogP contribution is -2.59. The molecule has 2 aliphatic rings. The summed E-state index contributed by atoms with van der Waals surface area (Å²) in [6.45, 7) is 6.59. The van der Waals surface area contributed by atoms with Crippen molar-refractivity contribution in [3.8, 4) is 0 Å². The van der Waals surface area contributed by atoms with E-state index in [2.05, 4.69) is 15.4 Å². The molecule has 1 unspecified atom stereocenters. The predicted molar refractivity (Wildman–Crippen MR) is 185 cm³/mol. The maximum atomic E-state index is 13.6. The molecular weight excluding hydrogens is 711 g/mol. The molecule has 0 bridgehead atoms. The first-order valence-electron chi connectivity index (χ1n) is 16.6. The van der Waals surface area contributed by atoms with E-state index < -0.39 is 64.3 Å². The highest BCUT2D eigenvalue weighted by atomic mass is 32.2. The first-order chi connectivity index (χ1) is 24.2. The zero-order valence-corrected chi connectivity index (χ0v) is 30.0. The van der Waals surface area contributed by atoms with Crippen LogP contribution in [0, 0.1) is 11.3 Å². The van der Waals surface area contributed by atoms with Gasteiger partial charge in [-0.1, -0.05) is 30.3 Å². The molecule has 3 atom stereocenters. The third kappa shape index (κ3) is 12.5. The van der Waals surface area contributed by atoms with Crippen molar-refractivity contribution < 1.29 is 50.6 Å². The normalized spacial score (nSPS) is 18.7. The first kappa shape index (κ1) is 41.8. The maximum Gasteiger partial charge on any atom is 0.490 e. The Hall–Kier alpha value is -4.65. The molecule has 0 spiro atoms. The van der Waals surface area contributed by atoms with Crippen molar-refractivity contribution in [1.29, 1.82) is 5.41 Å². The Morgan fingerprint density at radius 2 is 1.67 bits per heavy atom. The van der Waals surface area contributed by atoms with Gasteiger partial charge in [-0.3, -0.25) is 19.9 Å². The number of nitrogens with two attached hydrogens (primary N) is 1. The minimum absolute atomic E-state index is 0.0262. The van der Waals surface area contributed by atoms with Crippen molar-refractivity contribution in [1.82, 2.24) is 25.2 Å². The Morgan fingerprint density at radius 3 is 2.29 bits per heavy atom. The van der Waals surface area contributed by atoms with Crippen LogP contribution in [-0.2, 0) is 29.1 Å². The summed E-state index contributed by atoms with van der Waals surface area (Å²) >= 11 is 0. The standard InChI is InChI=1S/C31H45N7O6S.C2HF3O2/c1-31(2,3)44-30(41)38-16-7-6-12-26(38)28(40)36-25(27(39)34-18-21-9-8-15-37(20-21)29(32)33)19-35-45(42,43)24-14-13-22-10-4-5-11-23(22)17-24;3-2(4,5)1(6)7/h4-5,10-11,13-14,17,21,25-26,35H,6-9,12,15-16,18-20H2,1-3H3,(H3,32,33)(H,34,39)(H,36,40);(H,6,7)/t21?,25-,26+;/m0./s1. The van der Waals surface area contributed by atoms with Crippen LogP contribution in [0.2, 0.25) is 0 Å². The van der Waals surface area contributed by atoms with Crippen LogP contribution in [0.1, 0.15) is 52.9 Å². The number of halogens is 3. The van der Waals surface area contributed by atoms with Gasteiger partial charge in [-0.25, -0.2) is 22.7 Å². The van der Waals surface area contributed by atoms with Gasteiger partial charge in [0.25, 0.3) is 0 Å². The van der Waals surface area contributed by atoms with Gasteiger partial charge in [0.2, 0.25) is 21.8 Å². The van der Waals surface area contributed by atoms with Gasteiger partial charge in [0.1, 0.15) is 17.7 Å². The topological polar surface area (TPSA) is 224 Å². The summed E-state index contributed by atoms with van der Waals surface area (Å²) in [5.74, 6) is -3.89. The highest BCUT2D eigenvalue weighted by Crippen LogP contribution is 2.22. The summed E-state index contributed by atoms with van der Waals surface area (Å²) < 4.78 is 66.4. The second-order valence-electron chi connectivity index (χ2n) is 13.5. The molecule has 0 radical (unpaired) electrons. The number of ether oxygens (including phenoxy) is 1. The summed E-state index contributed by atoms with van der Waals surface area (Å²) in [5, 5.41) is 22.0. The number of nitrogens with zero attached hydrogens (tertiary/aromatic N) is 2. The van der Waals surface area contributed by atoms with Crippen molar-refractivity contribution >= 4 is 50.6 Å². The number of hydrogen-bond acceptors (Lipinski definition) is 8. The van der Waals surface area contributed by atoms with Gasteiger partial charge < -0.3 is 31.1 Å². The number of nitrogens with one attached hydrogen (secondary N) is 4. The molecule has 3 amide bonds. The van der Waals surface area contributed by atoms with Gasteiger partial charge in [0.15, 0.2) is 5.96 Å². The highest BCUT2D eigenvalue weighted by molar-refractivity contribution is 7.89. The van der Waals surface area contributed by atoms with Crippen LogP contribution >= 0.6 is 0 Å². The first-order valence-corrected chi connectivity index (χ1v) is 18.1. The molecule has 7 N–H and O–H groups in total. The molecule has 0 saturated carbocycles. The van der Waals surface area contributed by atoms with Gasteiger partial charge in [-0.05, 0) is 81.7 Å². The number of likely N-dealkylation sites (tertiary alicyclic amines) is 2. The molecule has 15 nitrogen and oxygen atoms in total. The number of aliphatic carboxylic acids is 1. The van der Waals surface area contributed by atoms with Crippen molar-refractivity contribution in [3.63, 3.8) is 0 Å². The number of benzene rings is 2.